The zero-order chi connectivity index (χ0) is 12.4. The van der Waals surface area contributed by atoms with Crippen molar-refractivity contribution in [2.75, 3.05) is 0 Å². The maximum atomic E-state index is 1.93. The van der Waals surface area contributed by atoms with Gasteiger partial charge < -0.3 is 0 Å². The van der Waals surface area contributed by atoms with Gasteiger partial charge in [0.1, 0.15) is 0 Å². The Kier molecular flexibility index (Phi) is 2.35. The van der Waals surface area contributed by atoms with E-state index in [0.29, 0.717) is 0 Å². The maximum absolute atomic E-state index is 1.93. The first kappa shape index (κ1) is 11.2. The quantitative estimate of drug-likeness (QED) is 0.618. The first-order valence-electron chi connectivity index (χ1n) is 8.80. The highest BCUT2D eigenvalue weighted by molar-refractivity contribution is 5.48. The lowest BCUT2D eigenvalue weighted by Crippen LogP contribution is -2.19. The van der Waals surface area contributed by atoms with Crippen LogP contribution in [0.1, 0.15) is 70.6 Å². The summed E-state index contributed by atoms with van der Waals surface area (Å²) in [5.74, 6) is 4.34. The maximum Gasteiger partial charge on any atom is -0.0242 e. The Morgan fingerprint density at radius 3 is 2.11 bits per heavy atom. The smallest absolute Gasteiger partial charge is 0.0242 e. The molecule has 0 aromatic rings. The fourth-order valence-corrected chi connectivity index (χ4v) is 6.30. The lowest BCUT2D eigenvalue weighted by Gasteiger charge is -2.28. The molecule has 5 rings (SSSR count). The molecule has 0 spiro atoms. The zero-order valence-electron chi connectivity index (χ0n) is 12.1. The molecule has 0 aromatic heterocycles. The second kappa shape index (κ2) is 3.99. The molecule has 102 valence electrons. The molecule has 3 unspecified atom stereocenters. The number of hydrogen-bond donors (Lipinski definition) is 0. The second-order valence-corrected chi connectivity index (χ2v) is 8.06. The SMILES string of the molecule is C1CCC(C2CC3=C(C4=C5CCC(C5)C4)CC2C3)C1. The molecule has 0 heterocycles. The molecule has 19 heavy (non-hydrogen) atoms. The van der Waals surface area contributed by atoms with E-state index in [4.69, 9.17) is 0 Å². The molecule has 3 fully saturated rings. The molecule has 5 aliphatic carbocycles. The van der Waals surface area contributed by atoms with Crippen molar-refractivity contribution in [1.82, 2.24) is 0 Å². The molecule has 0 N–H and O–H groups in total. The highest BCUT2D eigenvalue weighted by Crippen LogP contribution is 2.58. The van der Waals surface area contributed by atoms with E-state index in [0.717, 1.165) is 23.7 Å². The van der Waals surface area contributed by atoms with E-state index in [2.05, 4.69) is 0 Å². The van der Waals surface area contributed by atoms with Crippen LogP contribution in [0.3, 0.4) is 0 Å². The molecular formula is C19H26. The fraction of sp³-hybridized carbons (Fsp3) is 0.789. The minimum atomic E-state index is 1.06. The molecule has 0 radical (unpaired) electrons. The summed E-state index contributed by atoms with van der Waals surface area (Å²) in [5.41, 5.74) is 7.60. The van der Waals surface area contributed by atoms with Crippen molar-refractivity contribution in [3.63, 3.8) is 0 Å². The van der Waals surface area contributed by atoms with Crippen LogP contribution in [0.5, 0.6) is 0 Å². The molecule has 0 amide bonds. The van der Waals surface area contributed by atoms with Crippen molar-refractivity contribution < 1.29 is 0 Å². The van der Waals surface area contributed by atoms with E-state index in [1.54, 1.807) is 12.8 Å². The summed E-state index contributed by atoms with van der Waals surface area (Å²) >= 11 is 0. The Bertz CT molecular complexity index is 472. The van der Waals surface area contributed by atoms with Gasteiger partial charge in [-0.2, -0.15) is 0 Å². The van der Waals surface area contributed by atoms with Crippen LogP contribution in [0.4, 0.5) is 0 Å². The number of hydrogen-bond acceptors (Lipinski definition) is 0. The standard InChI is InChI=1S/C19H26/c1-2-4-13(3-1)17-10-16-9-15(17)11-19(16)18-8-12-5-6-14(18)7-12/h12-13,15,17H,1-11H2. The van der Waals surface area contributed by atoms with Gasteiger partial charge in [0.25, 0.3) is 0 Å². The van der Waals surface area contributed by atoms with Gasteiger partial charge in [-0.1, -0.05) is 36.8 Å². The third-order valence-corrected chi connectivity index (χ3v) is 7.17. The van der Waals surface area contributed by atoms with E-state index in [-0.39, 0.29) is 0 Å². The molecule has 0 saturated heterocycles. The fourth-order valence-electron chi connectivity index (χ4n) is 6.30. The molecule has 4 bridgehead atoms. The summed E-state index contributed by atoms with van der Waals surface area (Å²) in [5, 5.41) is 0. The average Bonchev–Trinajstić information content (AvgIpc) is 3.20. The van der Waals surface area contributed by atoms with Crippen LogP contribution < -0.4 is 0 Å². The van der Waals surface area contributed by atoms with Gasteiger partial charge in [-0.25, -0.2) is 0 Å². The molecule has 3 saturated carbocycles. The van der Waals surface area contributed by atoms with Gasteiger partial charge >= 0.3 is 0 Å². The first-order valence-corrected chi connectivity index (χ1v) is 8.80. The van der Waals surface area contributed by atoms with Gasteiger partial charge in [0.15, 0.2) is 0 Å². The van der Waals surface area contributed by atoms with Crippen molar-refractivity contribution in [1.29, 1.82) is 0 Å². The summed E-state index contributed by atoms with van der Waals surface area (Å²) in [7, 11) is 0. The summed E-state index contributed by atoms with van der Waals surface area (Å²) in [4.78, 5) is 0. The van der Waals surface area contributed by atoms with Crippen molar-refractivity contribution in [2.24, 2.45) is 23.7 Å². The van der Waals surface area contributed by atoms with Gasteiger partial charge in [0.05, 0.1) is 0 Å². The molecular weight excluding hydrogens is 228 g/mol. The van der Waals surface area contributed by atoms with Crippen molar-refractivity contribution in [2.45, 2.75) is 70.6 Å². The number of allylic oxidation sites excluding steroid dienone is 4. The van der Waals surface area contributed by atoms with Crippen LogP contribution in [0.2, 0.25) is 0 Å². The average molecular weight is 254 g/mol. The molecule has 0 aromatic carbocycles. The van der Waals surface area contributed by atoms with Crippen molar-refractivity contribution in [3.05, 3.63) is 22.3 Å². The summed E-state index contributed by atoms with van der Waals surface area (Å²) in [6.45, 7) is 0. The Hall–Kier alpha value is -0.520. The van der Waals surface area contributed by atoms with Crippen LogP contribution in [0.15, 0.2) is 22.3 Å². The lowest BCUT2D eigenvalue weighted by molar-refractivity contribution is 0.261. The van der Waals surface area contributed by atoms with Crippen LogP contribution >= 0.6 is 0 Å². The van der Waals surface area contributed by atoms with E-state index in [1.165, 1.54) is 57.8 Å². The van der Waals surface area contributed by atoms with Crippen LogP contribution in [0, 0.1) is 23.7 Å². The third kappa shape index (κ3) is 1.58. The molecule has 5 aliphatic rings. The van der Waals surface area contributed by atoms with Crippen LogP contribution in [-0.2, 0) is 0 Å². The van der Waals surface area contributed by atoms with E-state index in [1.807, 2.05) is 22.3 Å². The van der Waals surface area contributed by atoms with Gasteiger partial charge in [0, 0.05) is 0 Å². The lowest BCUT2D eigenvalue weighted by atomic mass is 9.76. The summed E-state index contributed by atoms with van der Waals surface area (Å²) < 4.78 is 0. The van der Waals surface area contributed by atoms with Gasteiger partial charge in [-0.05, 0) is 79.8 Å². The Balaban J connectivity index is 1.41. The van der Waals surface area contributed by atoms with E-state index >= 15 is 0 Å². The van der Waals surface area contributed by atoms with E-state index < -0.39 is 0 Å². The largest absolute Gasteiger partial charge is 0.0664 e. The van der Waals surface area contributed by atoms with Gasteiger partial charge in [-0.15, -0.1) is 0 Å². The second-order valence-electron chi connectivity index (χ2n) is 8.06. The number of rotatable bonds is 2. The molecule has 0 aliphatic heterocycles. The minimum Gasteiger partial charge on any atom is -0.0664 e. The molecule has 0 heteroatoms. The summed E-state index contributed by atoms with van der Waals surface area (Å²) in [6.07, 6.45) is 16.6. The van der Waals surface area contributed by atoms with Crippen molar-refractivity contribution >= 4 is 0 Å². The molecule has 3 atom stereocenters. The Labute approximate surface area is 117 Å². The Morgan fingerprint density at radius 2 is 1.47 bits per heavy atom. The summed E-state index contributed by atoms with van der Waals surface area (Å²) in [6, 6.07) is 0. The predicted molar refractivity (Wildman–Crippen MR) is 78.8 cm³/mol. The minimum absolute atomic E-state index is 1.06. The van der Waals surface area contributed by atoms with Crippen LogP contribution in [-0.4, -0.2) is 0 Å². The highest BCUT2D eigenvalue weighted by atomic mass is 14.5. The third-order valence-electron chi connectivity index (χ3n) is 7.17. The normalized spacial score (nSPS) is 41.4. The predicted octanol–water partition coefficient (Wildman–Crippen LogP) is 5.40. The first-order chi connectivity index (χ1) is 9.38. The zero-order valence-corrected chi connectivity index (χ0v) is 12.1. The Morgan fingerprint density at radius 1 is 0.632 bits per heavy atom. The van der Waals surface area contributed by atoms with Gasteiger partial charge in [-0.3, -0.25) is 0 Å². The van der Waals surface area contributed by atoms with Gasteiger partial charge in [0.2, 0.25) is 0 Å². The molecule has 0 nitrogen and oxygen atoms in total. The van der Waals surface area contributed by atoms with Crippen molar-refractivity contribution in [3.8, 4) is 0 Å². The topological polar surface area (TPSA) is 0 Å². The van der Waals surface area contributed by atoms with Crippen LogP contribution in [0.25, 0.3) is 0 Å². The number of fused-ring (bicyclic) bond motifs is 4. The highest BCUT2D eigenvalue weighted by Gasteiger charge is 2.44. The van der Waals surface area contributed by atoms with E-state index in [9.17, 15) is 0 Å². The monoisotopic (exact) mass is 254 g/mol.